The van der Waals surface area contributed by atoms with E-state index in [1.165, 1.54) is 12.1 Å². The van der Waals surface area contributed by atoms with Gasteiger partial charge in [0.25, 0.3) is 0 Å². The average molecular weight is 354 g/mol. The maximum atomic E-state index is 12.6. The molecule has 2 aromatic rings. The molecule has 108 valence electrons. The smallest absolute Gasteiger partial charge is 0.284 e. The fourth-order valence-electron chi connectivity index (χ4n) is 2.46. The van der Waals surface area contributed by atoms with Crippen molar-refractivity contribution in [3.05, 3.63) is 69.2 Å². The molecule has 3 rings (SSSR count). The van der Waals surface area contributed by atoms with Crippen LogP contribution in [0.5, 0.6) is 0 Å². The maximum absolute atomic E-state index is 12.6. The number of fused-ring (bicyclic) bond motifs is 1. The Morgan fingerprint density at radius 3 is 2.38 bits per heavy atom. The van der Waals surface area contributed by atoms with E-state index in [2.05, 4.69) is 20.9 Å². The molecule has 0 aliphatic carbocycles. The van der Waals surface area contributed by atoms with Crippen molar-refractivity contribution < 1.29 is 13.2 Å². The second kappa shape index (κ2) is 5.30. The van der Waals surface area contributed by atoms with E-state index in [1.54, 1.807) is 0 Å². The Balaban J connectivity index is 2.03. The molecule has 2 aromatic carbocycles. The van der Waals surface area contributed by atoms with E-state index in [-0.39, 0.29) is 0 Å². The highest BCUT2D eigenvalue weighted by Crippen LogP contribution is 2.31. The summed E-state index contributed by atoms with van der Waals surface area (Å²) in [6, 6.07) is 11.0. The molecule has 0 N–H and O–H groups in total. The highest BCUT2D eigenvalue weighted by molar-refractivity contribution is 9.10. The summed E-state index contributed by atoms with van der Waals surface area (Å²) in [5.74, 6) is 0. The number of halogens is 4. The van der Waals surface area contributed by atoms with Gasteiger partial charge in [-0.3, -0.25) is 4.99 Å². The number of aliphatic imine (C=N–C) groups is 1. The molecule has 0 fully saturated rings. The second-order valence-corrected chi connectivity index (χ2v) is 5.68. The average Bonchev–Trinajstić information content (AvgIpc) is 2.46. The third-order valence-corrected chi connectivity index (χ3v) is 4.23. The molecule has 0 atom stereocenters. The molecule has 21 heavy (non-hydrogen) atoms. The first kappa shape index (κ1) is 14.3. The van der Waals surface area contributed by atoms with Gasteiger partial charge in [-0.05, 0) is 30.2 Å². The van der Waals surface area contributed by atoms with E-state index in [0.717, 1.165) is 39.9 Å². The first-order valence-corrected chi connectivity index (χ1v) is 7.26. The molecule has 1 nitrogen and oxygen atoms in total. The van der Waals surface area contributed by atoms with Crippen molar-refractivity contribution in [1.29, 1.82) is 0 Å². The molecule has 1 aliphatic heterocycles. The van der Waals surface area contributed by atoms with Crippen LogP contribution in [0.4, 0.5) is 13.2 Å². The van der Waals surface area contributed by atoms with Crippen LogP contribution in [0.1, 0.15) is 22.3 Å². The summed E-state index contributed by atoms with van der Waals surface area (Å²) in [7, 11) is 0. The highest BCUT2D eigenvalue weighted by atomic mass is 79.9. The van der Waals surface area contributed by atoms with Crippen molar-refractivity contribution in [3.8, 4) is 0 Å². The first-order valence-electron chi connectivity index (χ1n) is 6.46. The van der Waals surface area contributed by atoms with Crippen LogP contribution in [0.25, 0.3) is 0 Å². The van der Waals surface area contributed by atoms with Crippen LogP contribution in [-0.4, -0.2) is 12.3 Å². The van der Waals surface area contributed by atoms with E-state index >= 15 is 0 Å². The van der Waals surface area contributed by atoms with Gasteiger partial charge in [-0.2, -0.15) is 13.2 Å². The molecule has 1 heterocycles. The third kappa shape index (κ3) is 2.75. The Morgan fingerprint density at radius 1 is 1.00 bits per heavy atom. The lowest BCUT2D eigenvalue weighted by molar-refractivity contribution is -0.137. The largest absolute Gasteiger partial charge is 0.416 e. The van der Waals surface area contributed by atoms with Gasteiger partial charge >= 0.3 is 6.18 Å². The number of nitrogens with zero attached hydrogens (tertiary/aromatic N) is 1. The summed E-state index contributed by atoms with van der Waals surface area (Å²) in [5.41, 5.74) is 2.96. The van der Waals surface area contributed by atoms with Gasteiger partial charge in [-0.15, -0.1) is 0 Å². The quantitative estimate of drug-likeness (QED) is 0.694. The molecule has 0 amide bonds. The van der Waals surface area contributed by atoms with E-state index < -0.39 is 11.7 Å². The van der Waals surface area contributed by atoms with Crippen molar-refractivity contribution in [3.63, 3.8) is 0 Å². The zero-order valence-electron chi connectivity index (χ0n) is 10.9. The lowest BCUT2D eigenvalue weighted by atomic mass is 9.93. The Kier molecular flexibility index (Phi) is 3.61. The van der Waals surface area contributed by atoms with Crippen LogP contribution in [0.3, 0.4) is 0 Å². The summed E-state index contributed by atoms with van der Waals surface area (Å²) < 4.78 is 38.9. The second-order valence-electron chi connectivity index (χ2n) is 4.82. The monoisotopic (exact) mass is 353 g/mol. The van der Waals surface area contributed by atoms with E-state index in [0.29, 0.717) is 12.1 Å². The number of benzene rings is 2. The Morgan fingerprint density at radius 2 is 1.71 bits per heavy atom. The SMILES string of the molecule is FC(F)(F)c1ccc(C2=NCCc3c(Br)cccc32)cc1. The van der Waals surface area contributed by atoms with Gasteiger partial charge in [0.2, 0.25) is 0 Å². The van der Waals surface area contributed by atoms with Gasteiger partial charge in [0.1, 0.15) is 0 Å². The van der Waals surface area contributed by atoms with Crippen LogP contribution in [-0.2, 0) is 12.6 Å². The molecule has 0 unspecified atom stereocenters. The Bertz CT molecular complexity index is 702. The van der Waals surface area contributed by atoms with Crippen molar-refractivity contribution in [2.75, 3.05) is 6.54 Å². The molecule has 5 heteroatoms. The summed E-state index contributed by atoms with van der Waals surface area (Å²) in [4.78, 5) is 4.49. The zero-order valence-corrected chi connectivity index (χ0v) is 12.5. The van der Waals surface area contributed by atoms with Crippen molar-refractivity contribution >= 4 is 21.6 Å². The third-order valence-electron chi connectivity index (χ3n) is 3.49. The van der Waals surface area contributed by atoms with Crippen LogP contribution in [0, 0.1) is 0 Å². The number of alkyl halides is 3. The number of hydrogen-bond acceptors (Lipinski definition) is 1. The lowest BCUT2D eigenvalue weighted by Crippen LogP contribution is -2.15. The van der Waals surface area contributed by atoms with Gasteiger partial charge in [-0.1, -0.05) is 40.2 Å². The van der Waals surface area contributed by atoms with Gasteiger partial charge in [0.05, 0.1) is 11.3 Å². The van der Waals surface area contributed by atoms with Gasteiger partial charge in [0, 0.05) is 22.1 Å². The molecule has 0 aromatic heterocycles. The zero-order chi connectivity index (χ0) is 15.0. The van der Waals surface area contributed by atoms with E-state index in [4.69, 9.17) is 0 Å². The molecule has 0 spiro atoms. The van der Waals surface area contributed by atoms with Gasteiger partial charge < -0.3 is 0 Å². The highest BCUT2D eigenvalue weighted by Gasteiger charge is 2.30. The summed E-state index contributed by atoms with van der Waals surface area (Å²) in [5, 5.41) is 0. The van der Waals surface area contributed by atoms with Crippen molar-refractivity contribution in [1.82, 2.24) is 0 Å². The van der Waals surface area contributed by atoms with Crippen LogP contribution >= 0.6 is 15.9 Å². The lowest BCUT2D eigenvalue weighted by Gasteiger charge is -2.18. The minimum atomic E-state index is -4.31. The minimum absolute atomic E-state index is 0.642. The van der Waals surface area contributed by atoms with E-state index in [9.17, 15) is 13.2 Å². The number of hydrogen-bond donors (Lipinski definition) is 0. The molecular formula is C16H11BrF3N. The van der Waals surface area contributed by atoms with Crippen LogP contribution in [0.15, 0.2) is 51.9 Å². The molecule has 0 saturated carbocycles. The van der Waals surface area contributed by atoms with Crippen LogP contribution in [0.2, 0.25) is 0 Å². The number of rotatable bonds is 1. The predicted molar refractivity (Wildman–Crippen MR) is 79.8 cm³/mol. The molecular weight excluding hydrogens is 343 g/mol. The van der Waals surface area contributed by atoms with Crippen LogP contribution < -0.4 is 0 Å². The van der Waals surface area contributed by atoms with Gasteiger partial charge in [0.15, 0.2) is 0 Å². The predicted octanol–water partition coefficient (Wildman–Crippen LogP) is 4.86. The molecule has 0 radical (unpaired) electrons. The fourth-order valence-corrected chi connectivity index (χ4v) is 3.03. The Hall–Kier alpha value is -1.62. The minimum Gasteiger partial charge on any atom is -0.284 e. The maximum Gasteiger partial charge on any atom is 0.416 e. The summed E-state index contributed by atoms with van der Waals surface area (Å²) in [6.07, 6.45) is -3.48. The van der Waals surface area contributed by atoms with Gasteiger partial charge in [-0.25, -0.2) is 0 Å². The topological polar surface area (TPSA) is 12.4 Å². The Labute approximate surface area is 128 Å². The first-order chi connectivity index (χ1) is 9.97. The van der Waals surface area contributed by atoms with E-state index in [1.807, 2.05) is 18.2 Å². The summed E-state index contributed by atoms with van der Waals surface area (Å²) in [6.45, 7) is 0.645. The normalized spacial score (nSPS) is 14.6. The van der Waals surface area contributed by atoms with Crippen molar-refractivity contribution in [2.45, 2.75) is 12.6 Å². The molecule has 1 aliphatic rings. The molecule has 0 saturated heterocycles. The standard InChI is InChI=1S/C16H11BrF3N/c17-14-3-1-2-13-12(14)8-9-21-15(13)10-4-6-11(7-5-10)16(18,19)20/h1-7H,8-9H2. The molecule has 0 bridgehead atoms. The fraction of sp³-hybridized carbons (Fsp3) is 0.188. The van der Waals surface area contributed by atoms with Crippen molar-refractivity contribution in [2.24, 2.45) is 4.99 Å². The summed E-state index contributed by atoms with van der Waals surface area (Å²) >= 11 is 3.52.